The van der Waals surface area contributed by atoms with Crippen LogP contribution in [0.4, 0.5) is 0 Å². The van der Waals surface area contributed by atoms with E-state index in [1.165, 1.54) is 0 Å². The molecule has 1 heterocycles. The lowest BCUT2D eigenvalue weighted by atomic mass is 10.2. The molecular weight excluding hydrogens is 194 g/mol. The highest BCUT2D eigenvalue weighted by atomic mass is 16.7. The molecule has 1 aromatic rings. The van der Waals surface area contributed by atoms with Gasteiger partial charge in [0.1, 0.15) is 0 Å². The summed E-state index contributed by atoms with van der Waals surface area (Å²) in [5.74, 6) is 1.51. The number of benzene rings is 1. The fraction of sp³-hybridized carbons (Fsp3) is 0.182. The smallest absolute Gasteiger partial charge is 0.231 e. The minimum atomic E-state index is 0.277. The van der Waals surface area contributed by atoms with Crippen LogP contribution in [0.15, 0.2) is 29.4 Å². The van der Waals surface area contributed by atoms with Crippen LogP contribution < -0.4 is 9.47 Å². The van der Waals surface area contributed by atoms with Crippen LogP contribution in [-0.2, 0) is 0 Å². The van der Waals surface area contributed by atoms with Crippen molar-refractivity contribution in [1.29, 1.82) is 0 Å². The maximum atomic E-state index is 8.46. The van der Waals surface area contributed by atoms with Gasteiger partial charge in [-0.15, -0.1) is 0 Å². The monoisotopic (exact) mass is 205 g/mol. The molecule has 0 saturated carbocycles. The highest BCUT2D eigenvalue weighted by molar-refractivity contribution is 5.95. The lowest BCUT2D eigenvalue weighted by Gasteiger charge is -1.97. The van der Waals surface area contributed by atoms with Crippen LogP contribution in [0.1, 0.15) is 12.5 Å². The first-order chi connectivity index (χ1) is 7.29. The van der Waals surface area contributed by atoms with Crippen LogP contribution in [0.3, 0.4) is 0 Å². The first-order valence-corrected chi connectivity index (χ1v) is 4.56. The largest absolute Gasteiger partial charge is 0.454 e. The molecule has 0 saturated heterocycles. The number of hydrogen-bond donors (Lipinski definition) is 1. The van der Waals surface area contributed by atoms with Crippen LogP contribution in [0.2, 0.25) is 0 Å². The van der Waals surface area contributed by atoms with E-state index in [9.17, 15) is 0 Å². The van der Waals surface area contributed by atoms with E-state index in [0.717, 1.165) is 17.1 Å². The number of hydrogen-bond acceptors (Lipinski definition) is 4. The van der Waals surface area contributed by atoms with Crippen molar-refractivity contribution in [3.63, 3.8) is 0 Å². The van der Waals surface area contributed by atoms with Crippen LogP contribution >= 0.6 is 0 Å². The molecule has 0 amide bonds. The highest BCUT2D eigenvalue weighted by Gasteiger charge is 2.11. The molecule has 0 spiro atoms. The summed E-state index contributed by atoms with van der Waals surface area (Å²) in [4.78, 5) is 0. The molecule has 0 aliphatic carbocycles. The Morgan fingerprint density at radius 1 is 1.40 bits per heavy atom. The molecule has 1 N–H and O–H groups in total. The number of rotatable bonds is 2. The molecule has 0 atom stereocenters. The van der Waals surface area contributed by atoms with Crippen molar-refractivity contribution in [3.8, 4) is 11.5 Å². The fourth-order valence-electron chi connectivity index (χ4n) is 1.27. The van der Waals surface area contributed by atoms with E-state index in [1.807, 2.05) is 24.3 Å². The van der Waals surface area contributed by atoms with Gasteiger partial charge in [0.15, 0.2) is 11.5 Å². The second kappa shape index (κ2) is 4.04. The molecule has 1 aliphatic heterocycles. The Labute approximate surface area is 87.4 Å². The zero-order chi connectivity index (χ0) is 10.7. The Kier molecular flexibility index (Phi) is 2.58. The lowest BCUT2D eigenvalue weighted by molar-refractivity contribution is 0.174. The minimum absolute atomic E-state index is 0.277. The van der Waals surface area contributed by atoms with E-state index in [-0.39, 0.29) is 6.79 Å². The number of fused-ring (bicyclic) bond motifs is 1. The maximum absolute atomic E-state index is 8.46. The van der Waals surface area contributed by atoms with Crippen LogP contribution in [0, 0.1) is 0 Å². The van der Waals surface area contributed by atoms with E-state index in [1.54, 1.807) is 13.0 Å². The van der Waals surface area contributed by atoms with Crippen LogP contribution in [-0.4, -0.2) is 17.7 Å². The van der Waals surface area contributed by atoms with Crippen LogP contribution in [0.25, 0.3) is 6.08 Å². The van der Waals surface area contributed by atoms with Crippen molar-refractivity contribution >= 4 is 11.8 Å². The molecule has 0 radical (unpaired) electrons. The number of oxime groups is 1. The number of ether oxygens (including phenoxy) is 2. The van der Waals surface area contributed by atoms with Crippen molar-refractivity contribution in [2.45, 2.75) is 6.92 Å². The third kappa shape index (κ3) is 2.10. The third-order valence-corrected chi connectivity index (χ3v) is 2.07. The van der Waals surface area contributed by atoms with Gasteiger partial charge in [0, 0.05) is 0 Å². The maximum Gasteiger partial charge on any atom is 0.231 e. The van der Waals surface area contributed by atoms with Gasteiger partial charge < -0.3 is 14.7 Å². The Morgan fingerprint density at radius 3 is 3.00 bits per heavy atom. The molecule has 0 fully saturated rings. The zero-order valence-corrected chi connectivity index (χ0v) is 8.30. The second-order valence-corrected chi connectivity index (χ2v) is 3.19. The van der Waals surface area contributed by atoms with E-state index >= 15 is 0 Å². The lowest BCUT2D eigenvalue weighted by Crippen LogP contribution is -1.92. The number of nitrogens with zero attached hydrogens (tertiary/aromatic N) is 1. The molecule has 4 nitrogen and oxygen atoms in total. The molecule has 2 rings (SSSR count). The van der Waals surface area contributed by atoms with Gasteiger partial charge in [-0.25, -0.2) is 0 Å². The van der Waals surface area contributed by atoms with Crippen molar-refractivity contribution in [2.24, 2.45) is 5.16 Å². The summed E-state index contributed by atoms with van der Waals surface area (Å²) in [5.41, 5.74) is 1.52. The standard InChI is InChI=1S/C11H11NO3/c1-8(12-13)2-3-9-4-5-10-11(6-9)15-7-14-10/h2-6,13H,7H2,1H3/b3-2+,12-8+. The van der Waals surface area contributed by atoms with Crippen molar-refractivity contribution in [1.82, 2.24) is 0 Å². The topological polar surface area (TPSA) is 51.0 Å². The molecule has 0 unspecified atom stereocenters. The SMILES string of the molecule is CC(/C=C/c1ccc2c(c1)OCO2)=N\O. The van der Waals surface area contributed by atoms with E-state index in [0.29, 0.717) is 5.71 Å². The summed E-state index contributed by atoms with van der Waals surface area (Å²) < 4.78 is 10.4. The quantitative estimate of drug-likeness (QED) is 0.457. The molecular formula is C11H11NO3. The minimum Gasteiger partial charge on any atom is -0.454 e. The first-order valence-electron chi connectivity index (χ1n) is 4.56. The summed E-state index contributed by atoms with van der Waals surface area (Å²) in [6.07, 6.45) is 3.56. The van der Waals surface area contributed by atoms with Crippen molar-refractivity contribution < 1.29 is 14.7 Å². The van der Waals surface area contributed by atoms with Gasteiger partial charge >= 0.3 is 0 Å². The highest BCUT2D eigenvalue weighted by Crippen LogP contribution is 2.32. The van der Waals surface area contributed by atoms with Crippen LogP contribution in [0.5, 0.6) is 11.5 Å². The Morgan fingerprint density at radius 2 is 2.20 bits per heavy atom. The van der Waals surface area contributed by atoms with Crippen molar-refractivity contribution in [2.75, 3.05) is 6.79 Å². The molecule has 78 valence electrons. The summed E-state index contributed by atoms with van der Waals surface area (Å²) in [5, 5.41) is 11.5. The van der Waals surface area contributed by atoms with Gasteiger partial charge in [0.2, 0.25) is 6.79 Å². The predicted octanol–water partition coefficient (Wildman–Crippen LogP) is 2.28. The summed E-state index contributed by atoms with van der Waals surface area (Å²) >= 11 is 0. The molecule has 0 aromatic heterocycles. The van der Waals surface area contributed by atoms with Gasteiger partial charge in [0.05, 0.1) is 5.71 Å². The molecule has 1 aliphatic rings. The fourth-order valence-corrected chi connectivity index (χ4v) is 1.27. The van der Waals surface area contributed by atoms with Gasteiger partial charge in [0.25, 0.3) is 0 Å². The Balaban J connectivity index is 2.20. The Hall–Kier alpha value is -1.97. The molecule has 0 bridgehead atoms. The van der Waals surface area contributed by atoms with Gasteiger partial charge in [-0.05, 0) is 30.7 Å². The Bertz CT molecular complexity index is 424. The van der Waals surface area contributed by atoms with Gasteiger partial charge in [-0.1, -0.05) is 17.3 Å². The average Bonchev–Trinajstić information content (AvgIpc) is 2.72. The summed E-state index contributed by atoms with van der Waals surface area (Å²) in [6, 6.07) is 5.64. The molecule has 15 heavy (non-hydrogen) atoms. The van der Waals surface area contributed by atoms with E-state index in [2.05, 4.69) is 5.16 Å². The number of allylic oxidation sites excluding steroid dienone is 1. The first kappa shape index (κ1) is 9.58. The van der Waals surface area contributed by atoms with E-state index in [4.69, 9.17) is 14.7 Å². The summed E-state index contributed by atoms with van der Waals surface area (Å²) in [7, 11) is 0. The summed E-state index contributed by atoms with van der Waals surface area (Å²) in [6.45, 7) is 1.99. The van der Waals surface area contributed by atoms with Gasteiger partial charge in [-0.2, -0.15) is 0 Å². The predicted molar refractivity (Wildman–Crippen MR) is 56.5 cm³/mol. The van der Waals surface area contributed by atoms with E-state index < -0.39 is 0 Å². The molecule has 4 heteroatoms. The zero-order valence-electron chi connectivity index (χ0n) is 8.30. The normalized spacial score (nSPS) is 14.9. The second-order valence-electron chi connectivity index (χ2n) is 3.19. The molecule has 1 aromatic carbocycles. The van der Waals surface area contributed by atoms with Crippen molar-refractivity contribution in [3.05, 3.63) is 29.8 Å². The third-order valence-electron chi connectivity index (χ3n) is 2.07. The van der Waals surface area contributed by atoms with Gasteiger partial charge in [-0.3, -0.25) is 0 Å². The average molecular weight is 205 g/mol.